The van der Waals surface area contributed by atoms with E-state index in [4.69, 9.17) is 11.6 Å². The van der Waals surface area contributed by atoms with Gasteiger partial charge in [-0.1, -0.05) is 18.5 Å². The summed E-state index contributed by atoms with van der Waals surface area (Å²) in [6.07, 6.45) is 3.71. The van der Waals surface area contributed by atoms with Gasteiger partial charge in [0, 0.05) is 24.3 Å². The number of anilines is 2. The predicted molar refractivity (Wildman–Crippen MR) is 82.6 cm³/mol. The highest BCUT2D eigenvalue weighted by Crippen LogP contribution is 2.39. The van der Waals surface area contributed by atoms with E-state index < -0.39 is 0 Å². The fraction of sp³-hybridized carbons (Fsp3) is 0.533. The second kappa shape index (κ2) is 5.62. The number of halogens is 1. The first kappa shape index (κ1) is 13.7. The van der Waals surface area contributed by atoms with Crippen molar-refractivity contribution in [3.8, 4) is 0 Å². The van der Waals surface area contributed by atoms with Crippen LogP contribution in [0.2, 0.25) is 5.02 Å². The van der Waals surface area contributed by atoms with Crippen molar-refractivity contribution in [2.24, 2.45) is 0 Å². The van der Waals surface area contributed by atoms with E-state index in [0.717, 1.165) is 41.6 Å². The van der Waals surface area contributed by atoms with Gasteiger partial charge in [-0.15, -0.1) is 0 Å². The van der Waals surface area contributed by atoms with Gasteiger partial charge in [-0.25, -0.2) is 0 Å². The molecule has 4 nitrogen and oxygen atoms in total. The second-order valence-corrected chi connectivity index (χ2v) is 5.83. The number of rotatable bonds is 3. The van der Waals surface area contributed by atoms with Crippen LogP contribution in [0.3, 0.4) is 0 Å². The number of hydrogen-bond donors (Lipinski definition) is 2. The highest BCUT2D eigenvalue weighted by molar-refractivity contribution is 6.33. The Bertz CT molecular complexity index is 526. The lowest BCUT2D eigenvalue weighted by Crippen LogP contribution is -2.29. The highest BCUT2D eigenvalue weighted by Gasteiger charge is 2.31. The van der Waals surface area contributed by atoms with Gasteiger partial charge in [0.2, 0.25) is 5.91 Å². The molecule has 2 aliphatic heterocycles. The van der Waals surface area contributed by atoms with E-state index >= 15 is 0 Å². The predicted octanol–water partition coefficient (Wildman–Crippen LogP) is 2.93. The first-order valence-electron chi connectivity index (χ1n) is 7.33. The molecule has 2 N–H and O–H groups in total. The largest absolute Gasteiger partial charge is 0.370 e. The molecule has 0 aromatic heterocycles. The molecule has 2 aliphatic rings. The summed E-state index contributed by atoms with van der Waals surface area (Å²) in [6.45, 7) is 4.84. The maximum atomic E-state index is 12.0. The topological polar surface area (TPSA) is 44.4 Å². The van der Waals surface area contributed by atoms with Gasteiger partial charge in [0.05, 0.1) is 10.7 Å². The van der Waals surface area contributed by atoms with Crippen LogP contribution >= 0.6 is 11.6 Å². The van der Waals surface area contributed by atoms with E-state index in [-0.39, 0.29) is 11.9 Å². The van der Waals surface area contributed by atoms with Crippen molar-refractivity contribution in [3.05, 3.63) is 22.7 Å². The molecule has 0 bridgehead atoms. The molecule has 5 heteroatoms. The maximum Gasteiger partial charge on any atom is 0.246 e. The van der Waals surface area contributed by atoms with Gasteiger partial charge in [-0.3, -0.25) is 4.79 Å². The number of amides is 1. The van der Waals surface area contributed by atoms with Crippen LogP contribution in [0, 0.1) is 0 Å². The lowest BCUT2D eigenvalue weighted by atomic mass is 10.1. The molecule has 1 atom stereocenters. The van der Waals surface area contributed by atoms with Crippen molar-refractivity contribution in [2.45, 2.75) is 32.2 Å². The molecule has 1 fully saturated rings. The molecule has 1 saturated heterocycles. The Balaban J connectivity index is 1.93. The molecule has 1 unspecified atom stereocenters. The number of carbonyl (C=O) groups is 1. The lowest BCUT2D eigenvalue weighted by Gasteiger charge is -2.30. The van der Waals surface area contributed by atoms with Gasteiger partial charge in [0.25, 0.3) is 0 Å². The zero-order valence-corrected chi connectivity index (χ0v) is 12.5. The third-order valence-electron chi connectivity index (χ3n) is 4.06. The van der Waals surface area contributed by atoms with Gasteiger partial charge < -0.3 is 15.5 Å². The molecule has 1 aromatic rings. The van der Waals surface area contributed by atoms with E-state index in [1.807, 2.05) is 19.1 Å². The summed E-state index contributed by atoms with van der Waals surface area (Å²) in [5.41, 5.74) is 2.90. The molecule has 3 rings (SSSR count). The molecule has 2 heterocycles. The van der Waals surface area contributed by atoms with E-state index in [9.17, 15) is 4.79 Å². The Hall–Kier alpha value is -1.26. The van der Waals surface area contributed by atoms with Crippen molar-refractivity contribution in [1.82, 2.24) is 5.32 Å². The minimum absolute atomic E-state index is 0.00807. The third kappa shape index (κ3) is 2.38. The van der Waals surface area contributed by atoms with E-state index in [0.29, 0.717) is 0 Å². The Morgan fingerprint density at radius 2 is 2.10 bits per heavy atom. The van der Waals surface area contributed by atoms with E-state index in [1.54, 1.807) is 0 Å². The third-order valence-corrected chi connectivity index (χ3v) is 4.36. The minimum atomic E-state index is -0.275. The number of fused-ring (bicyclic) bond motifs is 1. The van der Waals surface area contributed by atoms with Crippen LogP contribution < -0.4 is 15.5 Å². The zero-order valence-electron chi connectivity index (χ0n) is 11.7. The molecule has 1 amide bonds. The highest BCUT2D eigenvalue weighted by atomic mass is 35.5. The van der Waals surface area contributed by atoms with Crippen LogP contribution in [0.25, 0.3) is 0 Å². The van der Waals surface area contributed by atoms with Crippen molar-refractivity contribution in [3.63, 3.8) is 0 Å². The van der Waals surface area contributed by atoms with Crippen LogP contribution in [0.5, 0.6) is 0 Å². The minimum Gasteiger partial charge on any atom is -0.370 e. The smallest absolute Gasteiger partial charge is 0.246 e. The summed E-state index contributed by atoms with van der Waals surface area (Å²) in [6, 6.07) is 3.69. The molecule has 0 spiro atoms. The molecule has 1 aromatic carbocycles. The monoisotopic (exact) mass is 293 g/mol. The van der Waals surface area contributed by atoms with Gasteiger partial charge in [-0.05, 0) is 37.9 Å². The van der Waals surface area contributed by atoms with Crippen LogP contribution in [-0.4, -0.2) is 25.5 Å². The molecular weight excluding hydrogens is 274 g/mol. The number of nitrogens with zero attached hydrogens (tertiary/aromatic N) is 1. The molecule has 0 aliphatic carbocycles. The SMILES string of the molecule is CCNC1C(=O)Nc2cc(N3CCCCC3)c(Cl)cc21. The molecule has 20 heavy (non-hydrogen) atoms. The number of carbonyl (C=O) groups excluding carboxylic acids is 1. The summed E-state index contributed by atoms with van der Waals surface area (Å²) in [4.78, 5) is 14.3. The fourth-order valence-electron chi connectivity index (χ4n) is 3.05. The number of benzene rings is 1. The summed E-state index contributed by atoms with van der Waals surface area (Å²) < 4.78 is 0. The van der Waals surface area contributed by atoms with Gasteiger partial charge >= 0.3 is 0 Å². The summed E-state index contributed by atoms with van der Waals surface area (Å²) in [5, 5.41) is 6.89. The number of hydrogen-bond acceptors (Lipinski definition) is 3. The average molecular weight is 294 g/mol. The summed E-state index contributed by atoms with van der Waals surface area (Å²) in [7, 11) is 0. The Kier molecular flexibility index (Phi) is 3.85. The van der Waals surface area contributed by atoms with Crippen molar-refractivity contribution >= 4 is 28.9 Å². The van der Waals surface area contributed by atoms with Crippen molar-refractivity contribution in [1.29, 1.82) is 0 Å². The van der Waals surface area contributed by atoms with E-state index in [1.165, 1.54) is 19.3 Å². The van der Waals surface area contributed by atoms with Gasteiger partial charge in [0.1, 0.15) is 6.04 Å². The average Bonchev–Trinajstić information content (AvgIpc) is 2.75. The van der Waals surface area contributed by atoms with Crippen LogP contribution in [-0.2, 0) is 4.79 Å². The zero-order chi connectivity index (χ0) is 14.1. The Labute approximate surface area is 124 Å². The lowest BCUT2D eigenvalue weighted by molar-refractivity contribution is -0.117. The normalized spacial score (nSPS) is 21.8. The quantitative estimate of drug-likeness (QED) is 0.900. The summed E-state index contributed by atoms with van der Waals surface area (Å²) in [5.74, 6) is 0.00807. The molecule has 108 valence electrons. The van der Waals surface area contributed by atoms with Gasteiger partial charge in [-0.2, -0.15) is 0 Å². The van der Waals surface area contributed by atoms with Crippen LogP contribution in [0.1, 0.15) is 37.8 Å². The molecule has 0 radical (unpaired) electrons. The van der Waals surface area contributed by atoms with E-state index in [2.05, 4.69) is 15.5 Å². The molecular formula is C15H20ClN3O. The maximum absolute atomic E-state index is 12.0. The van der Waals surface area contributed by atoms with Crippen LogP contribution in [0.15, 0.2) is 12.1 Å². The Morgan fingerprint density at radius 3 is 2.80 bits per heavy atom. The molecule has 0 saturated carbocycles. The standard InChI is InChI=1S/C15H20ClN3O/c1-2-17-14-10-8-11(16)13(9-12(10)18-15(14)20)19-6-4-3-5-7-19/h8-9,14,17H,2-7H2,1H3,(H,18,20). The first-order chi connectivity index (χ1) is 9.70. The first-order valence-corrected chi connectivity index (χ1v) is 7.71. The second-order valence-electron chi connectivity index (χ2n) is 5.42. The number of likely N-dealkylation sites (N-methyl/N-ethyl adjacent to an activating group) is 1. The fourth-order valence-corrected chi connectivity index (χ4v) is 3.35. The number of piperidine rings is 1. The van der Waals surface area contributed by atoms with Crippen molar-refractivity contribution < 1.29 is 4.79 Å². The summed E-state index contributed by atoms with van der Waals surface area (Å²) >= 11 is 6.45. The Morgan fingerprint density at radius 1 is 1.35 bits per heavy atom. The number of nitrogens with one attached hydrogen (secondary N) is 2. The van der Waals surface area contributed by atoms with Crippen molar-refractivity contribution in [2.75, 3.05) is 29.9 Å². The van der Waals surface area contributed by atoms with Crippen LogP contribution in [0.4, 0.5) is 11.4 Å². The van der Waals surface area contributed by atoms with Gasteiger partial charge in [0.15, 0.2) is 0 Å².